The zero-order valence-corrected chi connectivity index (χ0v) is 12.1. The van der Waals surface area contributed by atoms with E-state index in [1.54, 1.807) is 0 Å². The number of hydrogen-bond donors (Lipinski definition) is 1. The summed E-state index contributed by atoms with van der Waals surface area (Å²) in [6.07, 6.45) is 4.59. The van der Waals surface area contributed by atoms with Crippen LogP contribution in [0.3, 0.4) is 0 Å². The SMILES string of the molecule is Cc1cnc(NC(C)CN2CCCC2)c(Br)c1. The monoisotopic (exact) mass is 297 g/mol. The molecule has 1 aliphatic heterocycles. The second-order valence-electron chi connectivity index (χ2n) is 4.90. The zero-order chi connectivity index (χ0) is 12.3. The van der Waals surface area contributed by atoms with Gasteiger partial charge in [-0.2, -0.15) is 0 Å². The Kier molecular flexibility index (Phi) is 4.40. The van der Waals surface area contributed by atoms with Crippen molar-refractivity contribution in [1.29, 1.82) is 0 Å². The minimum absolute atomic E-state index is 0.430. The number of hydrogen-bond acceptors (Lipinski definition) is 3. The Morgan fingerprint density at radius 2 is 2.18 bits per heavy atom. The number of rotatable bonds is 4. The van der Waals surface area contributed by atoms with E-state index >= 15 is 0 Å². The van der Waals surface area contributed by atoms with Crippen molar-refractivity contribution in [3.63, 3.8) is 0 Å². The number of aromatic nitrogens is 1. The lowest BCUT2D eigenvalue weighted by molar-refractivity contribution is 0.327. The highest BCUT2D eigenvalue weighted by Gasteiger charge is 2.15. The van der Waals surface area contributed by atoms with Gasteiger partial charge in [-0.05, 0) is 67.3 Å². The number of pyridine rings is 1. The van der Waals surface area contributed by atoms with Gasteiger partial charge >= 0.3 is 0 Å². The van der Waals surface area contributed by atoms with Crippen molar-refractivity contribution in [2.75, 3.05) is 25.0 Å². The van der Waals surface area contributed by atoms with Crippen LogP contribution in [0.2, 0.25) is 0 Å². The third-order valence-electron chi connectivity index (χ3n) is 3.09. The fourth-order valence-electron chi connectivity index (χ4n) is 2.27. The van der Waals surface area contributed by atoms with Crippen LogP contribution in [-0.4, -0.2) is 35.6 Å². The molecule has 1 unspecified atom stereocenters. The average Bonchev–Trinajstić information content (AvgIpc) is 2.75. The largest absolute Gasteiger partial charge is 0.365 e. The first-order valence-corrected chi connectivity index (χ1v) is 7.05. The van der Waals surface area contributed by atoms with Crippen molar-refractivity contribution in [3.05, 3.63) is 22.3 Å². The zero-order valence-electron chi connectivity index (χ0n) is 10.5. The molecule has 1 aromatic heterocycles. The number of nitrogens with zero attached hydrogens (tertiary/aromatic N) is 2. The molecular weight excluding hydrogens is 278 g/mol. The van der Waals surface area contributed by atoms with E-state index < -0.39 is 0 Å². The van der Waals surface area contributed by atoms with Gasteiger partial charge in [-0.1, -0.05) is 0 Å². The molecule has 0 saturated carbocycles. The second-order valence-corrected chi connectivity index (χ2v) is 5.75. The molecule has 3 nitrogen and oxygen atoms in total. The fourth-order valence-corrected chi connectivity index (χ4v) is 2.85. The summed E-state index contributed by atoms with van der Waals surface area (Å²) in [4.78, 5) is 6.93. The molecule has 0 aromatic carbocycles. The Hall–Kier alpha value is -0.610. The molecular formula is C13H20BrN3. The summed E-state index contributed by atoms with van der Waals surface area (Å²) >= 11 is 3.55. The predicted octanol–water partition coefficient (Wildman–Crippen LogP) is 3.05. The van der Waals surface area contributed by atoms with Gasteiger partial charge in [0.15, 0.2) is 0 Å². The van der Waals surface area contributed by atoms with Crippen molar-refractivity contribution >= 4 is 21.7 Å². The van der Waals surface area contributed by atoms with Crippen molar-refractivity contribution in [3.8, 4) is 0 Å². The van der Waals surface area contributed by atoms with E-state index in [2.05, 4.69) is 51.0 Å². The van der Waals surface area contributed by atoms with E-state index in [1.807, 2.05) is 6.20 Å². The van der Waals surface area contributed by atoms with Crippen molar-refractivity contribution in [2.45, 2.75) is 32.7 Å². The minimum atomic E-state index is 0.430. The third-order valence-corrected chi connectivity index (χ3v) is 3.70. The lowest BCUT2D eigenvalue weighted by atomic mass is 10.3. The van der Waals surface area contributed by atoms with Crippen LogP contribution >= 0.6 is 15.9 Å². The van der Waals surface area contributed by atoms with Crippen LogP contribution in [0.4, 0.5) is 5.82 Å². The van der Waals surface area contributed by atoms with Gasteiger partial charge < -0.3 is 10.2 Å². The van der Waals surface area contributed by atoms with E-state index in [4.69, 9.17) is 0 Å². The quantitative estimate of drug-likeness (QED) is 0.926. The van der Waals surface area contributed by atoms with Gasteiger partial charge in [-0.3, -0.25) is 0 Å². The van der Waals surface area contributed by atoms with Crippen LogP contribution in [0.25, 0.3) is 0 Å². The topological polar surface area (TPSA) is 28.2 Å². The molecule has 0 spiro atoms. The van der Waals surface area contributed by atoms with Gasteiger partial charge in [0.25, 0.3) is 0 Å². The first kappa shape index (κ1) is 12.8. The van der Waals surface area contributed by atoms with Crippen molar-refractivity contribution in [2.24, 2.45) is 0 Å². The molecule has 17 heavy (non-hydrogen) atoms. The van der Waals surface area contributed by atoms with Crippen molar-refractivity contribution in [1.82, 2.24) is 9.88 Å². The molecule has 2 heterocycles. The van der Waals surface area contributed by atoms with Gasteiger partial charge in [-0.25, -0.2) is 4.98 Å². The lowest BCUT2D eigenvalue weighted by Crippen LogP contribution is -2.33. The van der Waals surface area contributed by atoms with Crippen molar-refractivity contribution < 1.29 is 0 Å². The van der Waals surface area contributed by atoms with Gasteiger partial charge in [0, 0.05) is 18.8 Å². The van der Waals surface area contributed by atoms with Crippen LogP contribution < -0.4 is 5.32 Å². The maximum Gasteiger partial charge on any atom is 0.140 e. The summed E-state index contributed by atoms with van der Waals surface area (Å²) in [5.41, 5.74) is 1.18. The summed E-state index contributed by atoms with van der Waals surface area (Å²) in [6, 6.07) is 2.53. The molecule has 1 aromatic rings. The number of likely N-dealkylation sites (tertiary alicyclic amines) is 1. The normalized spacial score (nSPS) is 18.3. The van der Waals surface area contributed by atoms with Gasteiger partial charge in [0.05, 0.1) is 4.47 Å². The smallest absolute Gasteiger partial charge is 0.140 e. The summed E-state index contributed by atoms with van der Waals surface area (Å²) in [6.45, 7) is 7.85. The Labute approximate surface area is 112 Å². The average molecular weight is 298 g/mol. The summed E-state index contributed by atoms with van der Waals surface area (Å²) < 4.78 is 1.05. The molecule has 0 aliphatic carbocycles. The van der Waals surface area contributed by atoms with E-state index in [0.29, 0.717) is 6.04 Å². The second kappa shape index (κ2) is 5.83. The lowest BCUT2D eigenvalue weighted by Gasteiger charge is -2.22. The molecule has 1 N–H and O–H groups in total. The molecule has 1 aliphatic rings. The molecule has 1 atom stereocenters. The Bertz CT molecular complexity index is 375. The minimum Gasteiger partial charge on any atom is -0.365 e. The molecule has 1 fully saturated rings. The summed E-state index contributed by atoms with van der Waals surface area (Å²) in [7, 11) is 0. The number of nitrogens with one attached hydrogen (secondary N) is 1. The highest BCUT2D eigenvalue weighted by atomic mass is 79.9. The maximum absolute atomic E-state index is 4.42. The first-order chi connectivity index (χ1) is 8.15. The number of aryl methyl sites for hydroxylation is 1. The first-order valence-electron chi connectivity index (χ1n) is 6.26. The highest BCUT2D eigenvalue weighted by Crippen LogP contribution is 2.21. The van der Waals surface area contributed by atoms with Crippen LogP contribution in [0, 0.1) is 6.92 Å². The van der Waals surface area contributed by atoms with Crippen LogP contribution in [0.1, 0.15) is 25.3 Å². The van der Waals surface area contributed by atoms with Crippen LogP contribution in [0.5, 0.6) is 0 Å². The molecule has 94 valence electrons. The maximum atomic E-state index is 4.42. The molecule has 1 saturated heterocycles. The Morgan fingerprint density at radius 3 is 2.82 bits per heavy atom. The number of anilines is 1. The summed E-state index contributed by atoms with van der Waals surface area (Å²) in [5.74, 6) is 0.947. The van der Waals surface area contributed by atoms with Crippen LogP contribution in [-0.2, 0) is 0 Å². The molecule has 0 radical (unpaired) electrons. The molecule has 4 heteroatoms. The van der Waals surface area contributed by atoms with Gasteiger partial charge in [0.1, 0.15) is 5.82 Å². The summed E-state index contributed by atoms with van der Waals surface area (Å²) in [5, 5.41) is 3.46. The Morgan fingerprint density at radius 1 is 1.47 bits per heavy atom. The third kappa shape index (κ3) is 3.68. The fraction of sp³-hybridized carbons (Fsp3) is 0.615. The molecule has 0 bridgehead atoms. The predicted molar refractivity (Wildman–Crippen MR) is 75.4 cm³/mol. The van der Waals surface area contributed by atoms with E-state index in [-0.39, 0.29) is 0 Å². The van der Waals surface area contributed by atoms with Gasteiger partial charge in [-0.15, -0.1) is 0 Å². The van der Waals surface area contributed by atoms with Gasteiger partial charge in [0.2, 0.25) is 0 Å². The van der Waals surface area contributed by atoms with E-state index in [1.165, 1.54) is 31.5 Å². The van der Waals surface area contributed by atoms with Crippen LogP contribution in [0.15, 0.2) is 16.7 Å². The van der Waals surface area contributed by atoms with E-state index in [0.717, 1.165) is 16.8 Å². The standard InChI is InChI=1S/C13H20BrN3/c1-10-7-12(14)13(15-8-10)16-11(2)9-17-5-3-4-6-17/h7-8,11H,3-6,9H2,1-2H3,(H,15,16). The Balaban J connectivity index is 1.90. The molecule has 2 rings (SSSR count). The van der Waals surface area contributed by atoms with E-state index in [9.17, 15) is 0 Å². The number of halogens is 1. The highest BCUT2D eigenvalue weighted by molar-refractivity contribution is 9.10. The molecule has 0 amide bonds.